The molecule has 2 heterocycles. The predicted octanol–water partition coefficient (Wildman–Crippen LogP) is 3.28. The second-order valence-corrected chi connectivity index (χ2v) is 9.02. The van der Waals surface area contributed by atoms with Crippen LogP contribution in [0.5, 0.6) is 0 Å². The molecule has 0 spiro atoms. The molecule has 190 valence electrons. The lowest BCUT2D eigenvalue weighted by molar-refractivity contribution is -0.136. The standard InChI is InChI=1S/C25H34N4O6/c30-20-14-13-19(22(31)28-20)29-23(32)17-11-10-12-18(21(17)24(29)33)26-15-8-6-4-2-1-3-5-7-9-16-27-25(34)35/h10-12,19,26-27H,1-9,13-16H2,(H,34,35)(H,28,30,31). The maximum Gasteiger partial charge on any atom is 0.404 e. The van der Waals surface area contributed by atoms with Crippen LogP contribution in [0.2, 0.25) is 0 Å². The molecule has 0 radical (unpaired) electrons. The first-order chi connectivity index (χ1) is 16.9. The number of piperidine rings is 1. The summed E-state index contributed by atoms with van der Waals surface area (Å²) in [4.78, 5) is 61.0. The van der Waals surface area contributed by atoms with Crippen molar-refractivity contribution in [1.29, 1.82) is 0 Å². The first kappa shape index (κ1) is 26.2. The van der Waals surface area contributed by atoms with E-state index in [1.54, 1.807) is 18.2 Å². The van der Waals surface area contributed by atoms with E-state index in [0.717, 1.165) is 56.3 Å². The van der Waals surface area contributed by atoms with E-state index in [1.165, 1.54) is 6.42 Å². The van der Waals surface area contributed by atoms with Crippen molar-refractivity contribution < 1.29 is 29.1 Å². The molecular formula is C25H34N4O6. The Hall–Kier alpha value is -3.43. The molecule has 1 atom stereocenters. The second-order valence-electron chi connectivity index (χ2n) is 9.02. The summed E-state index contributed by atoms with van der Waals surface area (Å²) in [6.45, 7) is 1.19. The van der Waals surface area contributed by atoms with Gasteiger partial charge in [-0.15, -0.1) is 0 Å². The van der Waals surface area contributed by atoms with Gasteiger partial charge in [0, 0.05) is 25.2 Å². The van der Waals surface area contributed by atoms with E-state index in [4.69, 9.17) is 5.11 Å². The van der Waals surface area contributed by atoms with Gasteiger partial charge in [-0.2, -0.15) is 0 Å². The van der Waals surface area contributed by atoms with Crippen molar-refractivity contribution in [2.24, 2.45) is 0 Å². The smallest absolute Gasteiger partial charge is 0.404 e. The van der Waals surface area contributed by atoms with E-state index in [1.807, 2.05) is 0 Å². The van der Waals surface area contributed by atoms with Gasteiger partial charge in [0.05, 0.1) is 11.1 Å². The summed E-state index contributed by atoms with van der Waals surface area (Å²) in [5, 5.41) is 16.4. The fourth-order valence-corrected chi connectivity index (χ4v) is 4.57. The maximum atomic E-state index is 13.1. The summed E-state index contributed by atoms with van der Waals surface area (Å²) in [6.07, 6.45) is 8.88. The van der Waals surface area contributed by atoms with Crippen LogP contribution in [0.15, 0.2) is 18.2 Å². The fourth-order valence-electron chi connectivity index (χ4n) is 4.57. The Morgan fingerprint density at radius 3 is 2.17 bits per heavy atom. The third-order valence-corrected chi connectivity index (χ3v) is 6.41. The number of fused-ring (bicyclic) bond motifs is 1. The van der Waals surface area contributed by atoms with Gasteiger partial charge in [0.1, 0.15) is 6.04 Å². The van der Waals surface area contributed by atoms with Gasteiger partial charge in [-0.1, -0.05) is 51.0 Å². The van der Waals surface area contributed by atoms with Gasteiger partial charge in [0.2, 0.25) is 11.8 Å². The molecule has 1 aromatic rings. The number of nitrogens with zero attached hydrogens (tertiary/aromatic N) is 1. The van der Waals surface area contributed by atoms with Gasteiger partial charge in [0.15, 0.2) is 0 Å². The van der Waals surface area contributed by atoms with E-state index in [0.29, 0.717) is 24.3 Å². The van der Waals surface area contributed by atoms with Crippen LogP contribution in [0.1, 0.15) is 91.3 Å². The van der Waals surface area contributed by atoms with Crippen molar-refractivity contribution >= 4 is 35.4 Å². The van der Waals surface area contributed by atoms with Crippen molar-refractivity contribution in [2.75, 3.05) is 18.4 Å². The van der Waals surface area contributed by atoms with Crippen LogP contribution in [0, 0.1) is 0 Å². The predicted molar refractivity (Wildman–Crippen MR) is 129 cm³/mol. The number of rotatable bonds is 14. The third-order valence-electron chi connectivity index (χ3n) is 6.41. The highest BCUT2D eigenvalue weighted by atomic mass is 16.4. The zero-order chi connectivity index (χ0) is 25.2. The lowest BCUT2D eigenvalue weighted by Gasteiger charge is -2.27. The number of carboxylic acid groups (broad SMARTS) is 1. The summed E-state index contributed by atoms with van der Waals surface area (Å²) in [5.41, 5.74) is 1.16. The van der Waals surface area contributed by atoms with E-state index in [2.05, 4.69) is 16.0 Å². The molecule has 10 heteroatoms. The van der Waals surface area contributed by atoms with Gasteiger partial charge >= 0.3 is 6.09 Å². The SMILES string of the molecule is O=C(O)NCCCCCCCCCCCNc1cccc2c1C(=O)N(C1CCC(=O)NC1=O)C2=O. The lowest BCUT2D eigenvalue weighted by atomic mass is 10.0. The molecule has 35 heavy (non-hydrogen) atoms. The van der Waals surface area contributed by atoms with Crippen LogP contribution in [-0.4, -0.2) is 58.9 Å². The molecule has 0 aliphatic carbocycles. The van der Waals surface area contributed by atoms with Gasteiger partial charge < -0.3 is 15.7 Å². The van der Waals surface area contributed by atoms with Crippen molar-refractivity contribution in [3.8, 4) is 0 Å². The van der Waals surface area contributed by atoms with E-state index >= 15 is 0 Å². The Morgan fingerprint density at radius 1 is 0.914 bits per heavy atom. The molecule has 10 nitrogen and oxygen atoms in total. The number of amides is 5. The number of anilines is 1. The summed E-state index contributed by atoms with van der Waals surface area (Å²) < 4.78 is 0. The van der Waals surface area contributed by atoms with Crippen molar-refractivity contribution in [2.45, 2.75) is 76.7 Å². The first-order valence-electron chi connectivity index (χ1n) is 12.5. The largest absolute Gasteiger partial charge is 0.465 e. The molecule has 2 aliphatic heterocycles. The summed E-state index contributed by atoms with van der Waals surface area (Å²) >= 11 is 0. The fraction of sp³-hybridized carbons (Fsp3) is 0.560. The molecule has 0 saturated carbocycles. The molecular weight excluding hydrogens is 452 g/mol. The zero-order valence-corrected chi connectivity index (χ0v) is 19.9. The highest BCUT2D eigenvalue weighted by molar-refractivity contribution is 6.25. The highest BCUT2D eigenvalue weighted by Gasteiger charge is 2.45. The topological polar surface area (TPSA) is 145 Å². The number of imide groups is 2. The van der Waals surface area contributed by atoms with Crippen LogP contribution in [0.4, 0.5) is 10.5 Å². The minimum atomic E-state index is -0.967. The summed E-state index contributed by atoms with van der Waals surface area (Å²) in [6, 6.07) is 4.12. The molecule has 1 saturated heterocycles. The Balaban J connectivity index is 1.36. The molecule has 2 aliphatic rings. The van der Waals surface area contributed by atoms with Crippen LogP contribution in [-0.2, 0) is 9.59 Å². The van der Waals surface area contributed by atoms with Crippen molar-refractivity contribution in [3.63, 3.8) is 0 Å². The van der Waals surface area contributed by atoms with Crippen LogP contribution < -0.4 is 16.0 Å². The Bertz CT molecular complexity index is 963. The number of hydrogen-bond acceptors (Lipinski definition) is 6. The quantitative estimate of drug-likeness (QED) is 0.233. The monoisotopic (exact) mass is 486 g/mol. The molecule has 1 fully saturated rings. The molecule has 0 aromatic heterocycles. The average Bonchev–Trinajstić information content (AvgIpc) is 3.07. The number of benzene rings is 1. The second kappa shape index (κ2) is 12.9. The summed E-state index contributed by atoms with van der Waals surface area (Å²) in [5.74, 6) is -2.00. The van der Waals surface area contributed by atoms with Crippen LogP contribution in [0.3, 0.4) is 0 Å². The first-order valence-corrected chi connectivity index (χ1v) is 12.5. The molecule has 5 amide bonds. The number of nitrogens with one attached hydrogen (secondary N) is 3. The Labute approximate surface area is 204 Å². The third kappa shape index (κ3) is 7.03. The molecule has 3 rings (SSSR count). The van der Waals surface area contributed by atoms with Crippen LogP contribution in [0.25, 0.3) is 0 Å². The van der Waals surface area contributed by atoms with Gasteiger partial charge in [-0.25, -0.2) is 4.79 Å². The van der Waals surface area contributed by atoms with E-state index < -0.39 is 35.8 Å². The van der Waals surface area contributed by atoms with Crippen molar-refractivity contribution in [1.82, 2.24) is 15.5 Å². The normalized spacial score (nSPS) is 17.4. The van der Waals surface area contributed by atoms with E-state index in [9.17, 15) is 24.0 Å². The minimum absolute atomic E-state index is 0.0964. The van der Waals surface area contributed by atoms with Gasteiger partial charge in [0.25, 0.3) is 11.8 Å². The number of unbranched alkanes of at least 4 members (excludes halogenated alkanes) is 8. The van der Waals surface area contributed by atoms with Gasteiger partial charge in [-0.3, -0.25) is 29.4 Å². The minimum Gasteiger partial charge on any atom is -0.465 e. The molecule has 1 unspecified atom stereocenters. The van der Waals surface area contributed by atoms with Crippen molar-refractivity contribution in [3.05, 3.63) is 29.3 Å². The molecule has 1 aromatic carbocycles. The lowest BCUT2D eigenvalue weighted by Crippen LogP contribution is -2.54. The van der Waals surface area contributed by atoms with E-state index in [-0.39, 0.29) is 18.4 Å². The number of carbonyl (C=O) groups is 5. The maximum absolute atomic E-state index is 13.1. The Kier molecular flexibility index (Phi) is 9.63. The Morgan fingerprint density at radius 2 is 1.54 bits per heavy atom. The zero-order valence-electron chi connectivity index (χ0n) is 19.9. The highest BCUT2D eigenvalue weighted by Crippen LogP contribution is 2.32. The molecule has 4 N–H and O–H groups in total. The molecule has 0 bridgehead atoms. The summed E-state index contributed by atoms with van der Waals surface area (Å²) in [7, 11) is 0. The van der Waals surface area contributed by atoms with Crippen LogP contribution >= 0.6 is 0 Å². The average molecular weight is 487 g/mol. The van der Waals surface area contributed by atoms with Gasteiger partial charge in [-0.05, 0) is 31.4 Å². The number of hydrogen-bond donors (Lipinski definition) is 4. The number of carbonyl (C=O) groups excluding carboxylic acids is 4.